The maximum Gasteiger partial charge on any atom is 0.236 e. The fourth-order valence-electron chi connectivity index (χ4n) is 1.51. The number of unbranched alkanes of at least 4 members (excludes halogenated alkanes) is 1. The zero-order valence-electron chi connectivity index (χ0n) is 11.5. The van der Waals surface area contributed by atoms with Gasteiger partial charge in [-0.3, -0.25) is 9.78 Å². The summed E-state index contributed by atoms with van der Waals surface area (Å²) >= 11 is 0. The van der Waals surface area contributed by atoms with Gasteiger partial charge in [-0.1, -0.05) is 19.4 Å². The third-order valence-electron chi connectivity index (χ3n) is 2.81. The molecule has 1 atom stereocenters. The minimum absolute atomic E-state index is 0.0588. The van der Waals surface area contributed by atoms with Gasteiger partial charge in [-0.05, 0) is 31.9 Å². The minimum atomic E-state index is -0.178. The number of nitrogens with zero attached hydrogens (tertiary/aromatic N) is 1. The highest BCUT2D eigenvalue weighted by atomic mass is 16.2. The molecule has 0 aliphatic rings. The molecule has 100 valence electrons. The first-order chi connectivity index (χ1) is 8.63. The highest BCUT2D eigenvalue weighted by Crippen LogP contribution is 1.99. The number of rotatable bonds is 7. The molecule has 0 aromatic carbocycles. The summed E-state index contributed by atoms with van der Waals surface area (Å²) in [6.07, 6.45) is 3.96. The van der Waals surface area contributed by atoms with Gasteiger partial charge in [-0.2, -0.15) is 0 Å². The van der Waals surface area contributed by atoms with Crippen molar-refractivity contribution in [3.8, 4) is 0 Å². The molecule has 18 heavy (non-hydrogen) atoms. The van der Waals surface area contributed by atoms with Crippen LogP contribution in [0.1, 0.15) is 37.9 Å². The lowest BCUT2D eigenvalue weighted by Gasteiger charge is -2.13. The second-order valence-electron chi connectivity index (χ2n) is 4.55. The molecule has 4 heteroatoms. The van der Waals surface area contributed by atoms with E-state index in [4.69, 9.17) is 0 Å². The Bertz CT molecular complexity index is 362. The van der Waals surface area contributed by atoms with Gasteiger partial charge >= 0.3 is 0 Å². The third-order valence-corrected chi connectivity index (χ3v) is 2.81. The van der Waals surface area contributed by atoms with Crippen molar-refractivity contribution in [2.45, 2.75) is 46.2 Å². The molecular formula is C14H23N3O. The van der Waals surface area contributed by atoms with E-state index in [9.17, 15) is 4.79 Å². The first-order valence-electron chi connectivity index (χ1n) is 6.56. The van der Waals surface area contributed by atoms with Crippen LogP contribution in [0.2, 0.25) is 0 Å². The predicted octanol–water partition coefficient (Wildman–Crippen LogP) is 1.78. The number of hydrogen-bond donors (Lipinski definition) is 2. The number of pyridine rings is 1. The van der Waals surface area contributed by atoms with Crippen LogP contribution in [0.4, 0.5) is 0 Å². The van der Waals surface area contributed by atoms with Crippen LogP contribution in [0.25, 0.3) is 0 Å². The smallest absolute Gasteiger partial charge is 0.236 e. The lowest BCUT2D eigenvalue weighted by atomic mass is 10.2. The Kier molecular flexibility index (Phi) is 6.36. The maximum atomic E-state index is 11.7. The number of aryl methyl sites for hydroxylation is 1. The summed E-state index contributed by atoms with van der Waals surface area (Å²) in [5.74, 6) is 0.0588. The van der Waals surface area contributed by atoms with Crippen molar-refractivity contribution in [1.29, 1.82) is 0 Å². The van der Waals surface area contributed by atoms with Gasteiger partial charge in [-0.15, -0.1) is 0 Å². The Morgan fingerprint density at radius 2 is 2.22 bits per heavy atom. The fraction of sp³-hybridized carbons (Fsp3) is 0.571. The Balaban J connectivity index is 2.29. The van der Waals surface area contributed by atoms with Crippen molar-refractivity contribution < 1.29 is 4.79 Å². The number of carbonyl (C=O) groups excluding carboxylic acids is 1. The molecule has 1 aromatic rings. The van der Waals surface area contributed by atoms with E-state index in [-0.39, 0.29) is 11.9 Å². The zero-order chi connectivity index (χ0) is 13.4. The summed E-state index contributed by atoms with van der Waals surface area (Å²) in [7, 11) is 0. The van der Waals surface area contributed by atoms with E-state index >= 15 is 0 Å². The molecule has 0 spiro atoms. The molecular weight excluding hydrogens is 226 g/mol. The second-order valence-corrected chi connectivity index (χ2v) is 4.55. The lowest BCUT2D eigenvalue weighted by Crippen LogP contribution is -2.42. The van der Waals surface area contributed by atoms with E-state index in [1.807, 2.05) is 32.2 Å². The number of hydrogen-bond acceptors (Lipinski definition) is 3. The van der Waals surface area contributed by atoms with Crippen LogP contribution in [0.5, 0.6) is 0 Å². The summed E-state index contributed by atoms with van der Waals surface area (Å²) in [5.41, 5.74) is 2.10. The molecule has 1 heterocycles. The van der Waals surface area contributed by atoms with Crippen LogP contribution in [-0.4, -0.2) is 23.5 Å². The lowest BCUT2D eigenvalue weighted by molar-refractivity contribution is -0.122. The standard InChI is InChI=1S/C14H23N3O/c1-4-5-8-15-14(18)12(3)17-10-13-7-6-11(2)16-9-13/h6-7,9,12,17H,4-5,8,10H2,1-3H3,(H,15,18). The predicted molar refractivity (Wildman–Crippen MR) is 73.2 cm³/mol. The van der Waals surface area contributed by atoms with Gasteiger partial charge < -0.3 is 10.6 Å². The van der Waals surface area contributed by atoms with Crippen LogP contribution in [0.3, 0.4) is 0 Å². The van der Waals surface area contributed by atoms with Crippen molar-refractivity contribution in [3.05, 3.63) is 29.6 Å². The molecule has 0 aliphatic carbocycles. The van der Waals surface area contributed by atoms with Gasteiger partial charge in [0.2, 0.25) is 5.91 Å². The van der Waals surface area contributed by atoms with Gasteiger partial charge in [0.05, 0.1) is 6.04 Å². The highest BCUT2D eigenvalue weighted by molar-refractivity contribution is 5.81. The largest absolute Gasteiger partial charge is 0.355 e. The molecule has 1 amide bonds. The Morgan fingerprint density at radius 1 is 1.44 bits per heavy atom. The normalized spacial score (nSPS) is 12.2. The Labute approximate surface area is 109 Å². The third kappa shape index (κ3) is 5.27. The molecule has 2 N–H and O–H groups in total. The van der Waals surface area contributed by atoms with E-state index in [1.165, 1.54) is 0 Å². The molecule has 0 radical (unpaired) electrons. The molecule has 0 bridgehead atoms. The second kappa shape index (κ2) is 7.82. The number of aromatic nitrogens is 1. The molecule has 0 fully saturated rings. The van der Waals surface area contributed by atoms with Crippen LogP contribution >= 0.6 is 0 Å². The summed E-state index contributed by atoms with van der Waals surface area (Å²) in [6, 6.07) is 3.82. The van der Waals surface area contributed by atoms with Crippen molar-refractivity contribution in [2.24, 2.45) is 0 Å². The Hall–Kier alpha value is -1.42. The molecule has 0 aliphatic heterocycles. The van der Waals surface area contributed by atoms with Crippen molar-refractivity contribution >= 4 is 5.91 Å². The van der Waals surface area contributed by atoms with Crippen LogP contribution in [0, 0.1) is 6.92 Å². The molecule has 0 saturated carbocycles. The topological polar surface area (TPSA) is 54.0 Å². The quantitative estimate of drug-likeness (QED) is 0.724. The summed E-state index contributed by atoms with van der Waals surface area (Å²) in [4.78, 5) is 15.9. The number of amides is 1. The number of carbonyl (C=O) groups is 1. The van der Waals surface area contributed by atoms with E-state index in [2.05, 4.69) is 22.5 Å². The van der Waals surface area contributed by atoms with Crippen LogP contribution in [0.15, 0.2) is 18.3 Å². The molecule has 1 rings (SSSR count). The average molecular weight is 249 g/mol. The molecule has 1 unspecified atom stereocenters. The Morgan fingerprint density at radius 3 is 2.83 bits per heavy atom. The van der Waals surface area contributed by atoms with Crippen LogP contribution < -0.4 is 10.6 Å². The maximum absolute atomic E-state index is 11.7. The summed E-state index contributed by atoms with van der Waals surface area (Å²) < 4.78 is 0. The molecule has 1 aromatic heterocycles. The SMILES string of the molecule is CCCCNC(=O)C(C)NCc1ccc(C)nc1. The molecule has 0 saturated heterocycles. The monoisotopic (exact) mass is 249 g/mol. The van der Waals surface area contributed by atoms with Crippen molar-refractivity contribution in [1.82, 2.24) is 15.6 Å². The van der Waals surface area contributed by atoms with Gasteiger partial charge in [0.15, 0.2) is 0 Å². The highest BCUT2D eigenvalue weighted by Gasteiger charge is 2.10. The van der Waals surface area contributed by atoms with E-state index in [0.29, 0.717) is 6.54 Å². The van der Waals surface area contributed by atoms with Gasteiger partial charge in [0.1, 0.15) is 0 Å². The summed E-state index contributed by atoms with van der Waals surface area (Å²) in [6.45, 7) is 7.37. The fourth-order valence-corrected chi connectivity index (χ4v) is 1.51. The summed E-state index contributed by atoms with van der Waals surface area (Å²) in [5, 5.41) is 6.10. The first kappa shape index (κ1) is 14.6. The minimum Gasteiger partial charge on any atom is -0.355 e. The van der Waals surface area contributed by atoms with Crippen molar-refractivity contribution in [2.75, 3.05) is 6.54 Å². The number of nitrogens with one attached hydrogen (secondary N) is 2. The van der Waals surface area contributed by atoms with Gasteiger partial charge in [0, 0.05) is 25.0 Å². The first-order valence-corrected chi connectivity index (χ1v) is 6.56. The van der Waals surface area contributed by atoms with Gasteiger partial charge in [0.25, 0.3) is 0 Å². The zero-order valence-corrected chi connectivity index (χ0v) is 11.5. The molecule has 4 nitrogen and oxygen atoms in total. The average Bonchev–Trinajstić information content (AvgIpc) is 2.38. The van der Waals surface area contributed by atoms with E-state index in [0.717, 1.165) is 30.6 Å². The van der Waals surface area contributed by atoms with Crippen molar-refractivity contribution in [3.63, 3.8) is 0 Å². The van der Waals surface area contributed by atoms with Gasteiger partial charge in [-0.25, -0.2) is 0 Å². The van der Waals surface area contributed by atoms with E-state index < -0.39 is 0 Å². The van der Waals surface area contributed by atoms with E-state index in [1.54, 1.807) is 0 Å². The van der Waals surface area contributed by atoms with Crippen LogP contribution in [-0.2, 0) is 11.3 Å².